The summed E-state index contributed by atoms with van der Waals surface area (Å²) in [5.74, 6) is -0.0558. The fourth-order valence-corrected chi connectivity index (χ4v) is 3.88. The number of carbonyl (C=O) groups excluding carboxylic acids is 1. The lowest BCUT2D eigenvalue weighted by molar-refractivity contribution is 0.0954. The number of thiazole rings is 1. The number of thiophene rings is 1. The van der Waals surface area contributed by atoms with Gasteiger partial charge < -0.3 is 5.32 Å². The van der Waals surface area contributed by atoms with Gasteiger partial charge in [0.25, 0.3) is 5.91 Å². The number of rotatable bonds is 4. The van der Waals surface area contributed by atoms with E-state index in [1.807, 2.05) is 54.9 Å². The summed E-state index contributed by atoms with van der Waals surface area (Å²) in [4.78, 5) is 17.6. The van der Waals surface area contributed by atoms with E-state index in [0.29, 0.717) is 11.4 Å². The van der Waals surface area contributed by atoms with E-state index in [4.69, 9.17) is 0 Å². The maximum Gasteiger partial charge on any atom is 0.263 e. The number of hydrogen-bond acceptors (Lipinski definition) is 4. The molecule has 2 heterocycles. The highest BCUT2D eigenvalue weighted by Crippen LogP contribution is 2.29. The highest BCUT2D eigenvalue weighted by molar-refractivity contribution is 7.17. The molecule has 0 bridgehead atoms. The monoisotopic (exact) mass is 328 g/mol. The lowest BCUT2D eigenvalue weighted by atomic mass is 10.1. The number of aryl methyl sites for hydroxylation is 2. The summed E-state index contributed by atoms with van der Waals surface area (Å²) in [6, 6.07) is 10.1. The molecule has 3 aromatic rings. The Morgan fingerprint density at radius 2 is 2.05 bits per heavy atom. The van der Waals surface area contributed by atoms with Gasteiger partial charge in [-0.05, 0) is 36.4 Å². The number of amides is 1. The maximum atomic E-state index is 12.4. The second-order valence-corrected chi connectivity index (χ2v) is 6.83. The van der Waals surface area contributed by atoms with Crippen LogP contribution in [0.3, 0.4) is 0 Å². The van der Waals surface area contributed by atoms with Crippen LogP contribution in [-0.4, -0.2) is 10.9 Å². The van der Waals surface area contributed by atoms with Crippen LogP contribution in [0.25, 0.3) is 10.6 Å². The number of nitrogens with zero attached hydrogens (tertiary/aromatic N) is 1. The van der Waals surface area contributed by atoms with E-state index in [9.17, 15) is 4.79 Å². The van der Waals surface area contributed by atoms with Gasteiger partial charge >= 0.3 is 0 Å². The van der Waals surface area contributed by atoms with Crippen LogP contribution < -0.4 is 5.32 Å². The van der Waals surface area contributed by atoms with Gasteiger partial charge in [0.05, 0.1) is 5.69 Å². The second-order valence-electron chi connectivity index (χ2n) is 5.05. The van der Waals surface area contributed by atoms with Crippen LogP contribution in [0.4, 0.5) is 0 Å². The third-order valence-corrected chi connectivity index (χ3v) is 5.36. The topological polar surface area (TPSA) is 42.0 Å². The van der Waals surface area contributed by atoms with Crippen LogP contribution in [0.1, 0.15) is 26.5 Å². The first-order valence-corrected chi connectivity index (χ1v) is 8.74. The number of benzene rings is 1. The Labute approximate surface area is 137 Å². The van der Waals surface area contributed by atoms with Gasteiger partial charge in [0, 0.05) is 17.5 Å². The molecule has 0 spiro atoms. The van der Waals surface area contributed by atoms with Gasteiger partial charge in [-0.1, -0.05) is 24.3 Å². The van der Waals surface area contributed by atoms with Crippen LogP contribution in [0, 0.1) is 13.8 Å². The minimum absolute atomic E-state index is 0.0558. The van der Waals surface area contributed by atoms with E-state index < -0.39 is 0 Å². The summed E-state index contributed by atoms with van der Waals surface area (Å²) in [5.41, 5.74) is 4.18. The molecule has 3 nitrogen and oxygen atoms in total. The minimum Gasteiger partial charge on any atom is -0.347 e. The van der Waals surface area contributed by atoms with Crippen LogP contribution in [0.2, 0.25) is 0 Å². The zero-order valence-corrected chi connectivity index (χ0v) is 14.1. The number of carbonyl (C=O) groups is 1. The Kier molecular flexibility index (Phi) is 4.36. The maximum absolute atomic E-state index is 12.4. The first-order chi connectivity index (χ1) is 10.6. The van der Waals surface area contributed by atoms with Gasteiger partial charge in [-0.3, -0.25) is 4.79 Å². The molecule has 0 aliphatic carbocycles. The largest absolute Gasteiger partial charge is 0.347 e. The molecule has 2 aromatic heterocycles. The van der Waals surface area contributed by atoms with Gasteiger partial charge in [0.1, 0.15) is 9.88 Å². The van der Waals surface area contributed by atoms with Crippen molar-refractivity contribution in [1.82, 2.24) is 10.3 Å². The fraction of sp³-hybridized carbons (Fsp3) is 0.176. The molecule has 1 amide bonds. The molecule has 22 heavy (non-hydrogen) atoms. The van der Waals surface area contributed by atoms with Crippen molar-refractivity contribution in [2.45, 2.75) is 20.4 Å². The van der Waals surface area contributed by atoms with Crippen molar-refractivity contribution in [2.24, 2.45) is 0 Å². The second kappa shape index (κ2) is 6.42. The first kappa shape index (κ1) is 14.9. The molecule has 0 fully saturated rings. The lowest BCUT2D eigenvalue weighted by Crippen LogP contribution is -2.22. The molecule has 0 aliphatic heterocycles. The molecule has 1 N–H and O–H groups in total. The smallest absolute Gasteiger partial charge is 0.263 e. The van der Waals surface area contributed by atoms with E-state index >= 15 is 0 Å². The van der Waals surface area contributed by atoms with Crippen LogP contribution in [-0.2, 0) is 6.54 Å². The third kappa shape index (κ3) is 3.10. The Hall–Kier alpha value is -1.98. The van der Waals surface area contributed by atoms with Crippen LogP contribution in [0.5, 0.6) is 0 Å². The van der Waals surface area contributed by atoms with Crippen molar-refractivity contribution < 1.29 is 4.79 Å². The average molecular weight is 328 g/mol. The van der Waals surface area contributed by atoms with E-state index in [-0.39, 0.29) is 5.91 Å². The van der Waals surface area contributed by atoms with Crippen molar-refractivity contribution in [2.75, 3.05) is 0 Å². The molecule has 112 valence electrons. The summed E-state index contributed by atoms with van der Waals surface area (Å²) in [7, 11) is 0. The predicted molar refractivity (Wildman–Crippen MR) is 92.5 cm³/mol. The molecule has 5 heteroatoms. The van der Waals surface area contributed by atoms with Crippen LogP contribution in [0.15, 0.2) is 41.1 Å². The molecule has 0 saturated carbocycles. The molecule has 0 atom stereocenters. The molecule has 3 rings (SSSR count). The molecule has 1 aromatic carbocycles. The zero-order chi connectivity index (χ0) is 15.5. The number of hydrogen-bond donors (Lipinski definition) is 1. The van der Waals surface area contributed by atoms with E-state index in [1.165, 1.54) is 16.9 Å². The normalized spacial score (nSPS) is 10.6. The minimum atomic E-state index is -0.0558. The molecule has 0 aliphatic rings. The average Bonchev–Trinajstić information content (AvgIpc) is 3.15. The van der Waals surface area contributed by atoms with Gasteiger partial charge in [-0.25, -0.2) is 4.98 Å². The standard InChI is InChI=1S/C17H16N2OS2/c1-11-5-3-4-6-13(11)9-18-16(20)15-12(2)19-17(22-15)14-7-8-21-10-14/h3-8,10H,9H2,1-2H3,(H,18,20). The highest BCUT2D eigenvalue weighted by Gasteiger charge is 2.16. The molecule has 0 radical (unpaired) electrons. The van der Waals surface area contributed by atoms with Crippen molar-refractivity contribution in [3.05, 3.63) is 62.8 Å². The van der Waals surface area contributed by atoms with E-state index in [2.05, 4.69) is 10.3 Å². The summed E-state index contributed by atoms with van der Waals surface area (Å²) in [5, 5.41) is 7.96. The van der Waals surface area contributed by atoms with Gasteiger partial charge in [0.15, 0.2) is 0 Å². The SMILES string of the molecule is Cc1ccccc1CNC(=O)c1sc(-c2ccsc2)nc1C. The zero-order valence-electron chi connectivity index (χ0n) is 12.4. The van der Waals surface area contributed by atoms with Crippen LogP contribution >= 0.6 is 22.7 Å². The number of nitrogens with one attached hydrogen (secondary N) is 1. The number of aromatic nitrogens is 1. The predicted octanol–water partition coefficient (Wildman–Crippen LogP) is 4.42. The van der Waals surface area contributed by atoms with Gasteiger partial charge in [-0.15, -0.1) is 11.3 Å². The van der Waals surface area contributed by atoms with Crippen molar-refractivity contribution in [3.63, 3.8) is 0 Å². The van der Waals surface area contributed by atoms with Crippen molar-refractivity contribution in [3.8, 4) is 10.6 Å². The summed E-state index contributed by atoms with van der Waals surface area (Å²) >= 11 is 3.08. The Morgan fingerprint density at radius 1 is 1.23 bits per heavy atom. The van der Waals surface area contributed by atoms with Crippen molar-refractivity contribution >= 4 is 28.6 Å². The summed E-state index contributed by atoms with van der Waals surface area (Å²) in [6.07, 6.45) is 0. The Bertz CT molecular complexity index is 791. The van der Waals surface area contributed by atoms with Crippen molar-refractivity contribution in [1.29, 1.82) is 0 Å². The quantitative estimate of drug-likeness (QED) is 0.770. The first-order valence-electron chi connectivity index (χ1n) is 6.98. The molecule has 0 unspecified atom stereocenters. The fourth-order valence-electron chi connectivity index (χ4n) is 2.18. The third-order valence-electron chi connectivity index (χ3n) is 3.47. The Morgan fingerprint density at radius 3 is 2.77 bits per heavy atom. The Balaban J connectivity index is 1.74. The lowest BCUT2D eigenvalue weighted by Gasteiger charge is -2.07. The van der Waals surface area contributed by atoms with E-state index in [1.54, 1.807) is 11.3 Å². The van der Waals surface area contributed by atoms with Gasteiger partial charge in [-0.2, -0.15) is 11.3 Å². The summed E-state index contributed by atoms with van der Waals surface area (Å²) in [6.45, 7) is 4.47. The summed E-state index contributed by atoms with van der Waals surface area (Å²) < 4.78 is 0. The highest BCUT2D eigenvalue weighted by atomic mass is 32.1. The molecular formula is C17H16N2OS2. The molecule has 0 saturated heterocycles. The molecular weight excluding hydrogens is 312 g/mol. The van der Waals surface area contributed by atoms with E-state index in [0.717, 1.165) is 21.8 Å². The van der Waals surface area contributed by atoms with Gasteiger partial charge in [0.2, 0.25) is 0 Å².